The number of amides is 1. The highest BCUT2D eigenvalue weighted by atomic mass is 32.1. The Labute approximate surface area is 194 Å². The van der Waals surface area contributed by atoms with E-state index in [1.165, 1.54) is 16.2 Å². The summed E-state index contributed by atoms with van der Waals surface area (Å²) in [5.41, 5.74) is 2.24. The topological polar surface area (TPSA) is 89.0 Å². The first-order valence-corrected chi connectivity index (χ1v) is 11.5. The molecular weight excluding hydrogens is 440 g/mol. The standard InChI is InChI=1S/C25H22N2O5S/c1-14(2)15-3-5-16(6-4-15)21-20(23(29)24(30)27(21)25-26-9-12-33-25)22(28)17-7-8-18-19(13-17)32-11-10-31-18/h3-9,12-14,21,28H,10-11H2,1-2H3/b22-20+. The van der Waals surface area contributed by atoms with Gasteiger partial charge in [0.25, 0.3) is 5.78 Å². The van der Waals surface area contributed by atoms with Crippen LogP contribution in [0.3, 0.4) is 0 Å². The van der Waals surface area contributed by atoms with Crippen LogP contribution < -0.4 is 14.4 Å². The summed E-state index contributed by atoms with van der Waals surface area (Å²) in [5, 5.41) is 13.4. The summed E-state index contributed by atoms with van der Waals surface area (Å²) in [7, 11) is 0. The van der Waals surface area contributed by atoms with Crippen LogP contribution in [0.15, 0.2) is 59.6 Å². The molecule has 7 nitrogen and oxygen atoms in total. The van der Waals surface area contributed by atoms with Crippen LogP contribution in [0.2, 0.25) is 0 Å². The third-order valence-corrected chi connectivity index (χ3v) is 6.57. The second kappa shape index (κ2) is 8.37. The molecule has 1 unspecified atom stereocenters. The Hall–Kier alpha value is -3.65. The van der Waals surface area contributed by atoms with Gasteiger partial charge in [0, 0.05) is 17.1 Å². The summed E-state index contributed by atoms with van der Waals surface area (Å²) in [6, 6.07) is 11.9. The molecule has 1 amide bonds. The van der Waals surface area contributed by atoms with E-state index in [1.807, 2.05) is 24.3 Å². The van der Waals surface area contributed by atoms with Gasteiger partial charge in [-0.15, -0.1) is 11.3 Å². The molecule has 0 saturated carbocycles. The number of ether oxygens (including phenoxy) is 2. The molecule has 1 N–H and O–H groups in total. The van der Waals surface area contributed by atoms with E-state index >= 15 is 0 Å². The number of benzene rings is 2. The van der Waals surface area contributed by atoms with Crippen LogP contribution in [-0.2, 0) is 9.59 Å². The Morgan fingerprint density at radius 3 is 2.48 bits per heavy atom. The number of hydrogen-bond acceptors (Lipinski definition) is 7. The van der Waals surface area contributed by atoms with Gasteiger partial charge in [-0.2, -0.15) is 0 Å². The number of nitrogens with zero attached hydrogens (tertiary/aromatic N) is 2. The molecule has 2 aromatic carbocycles. The van der Waals surface area contributed by atoms with Crippen molar-refractivity contribution in [1.29, 1.82) is 0 Å². The number of anilines is 1. The number of carbonyl (C=O) groups excluding carboxylic acids is 2. The van der Waals surface area contributed by atoms with E-state index in [2.05, 4.69) is 18.8 Å². The smallest absolute Gasteiger partial charge is 0.301 e. The van der Waals surface area contributed by atoms with Crippen LogP contribution in [0.1, 0.15) is 42.5 Å². The second-order valence-electron chi connectivity index (χ2n) is 8.16. The molecule has 1 aromatic heterocycles. The number of ketones is 1. The SMILES string of the molecule is CC(C)c1ccc(C2/C(=C(\O)c3ccc4c(c3)OCCO4)C(=O)C(=O)N2c2nccs2)cc1. The van der Waals surface area contributed by atoms with Crippen molar-refractivity contribution in [2.75, 3.05) is 18.1 Å². The lowest BCUT2D eigenvalue weighted by Crippen LogP contribution is -2.29. The fourth-order valence-electron chi connectivity index (χ4n) is 4.09. The lowest BCUT2D eigenvalue weighted by Gasteiger charge is -2.23. The van der Waals surface area contributed by atoms with Gasteiger partial charge in [-0.05, 0) is 35.2 Å². The van der Waals surface area contributed by atoms with Gasteiger partial charge in [0.05, 0.1) is 11.6 Å². The number of Topliss-reactive ketones (excluding diaryl/α,β-unsaturated/α-hetero) is 1. The molecule has 0 aliphatic carbocycles. The number of aliphatic hydroxyl groups is 1. The number of rotatable bonds is 4. The van der Waals surface area contributed by atoms with Crippen molar-refractivity contribution in [2.24, 2.45) is 0 Å². The molecule has 0 spiro atoms. The van der Waals surface area contributed by atoms with E-state index in [9.17, 15) is 14.7 Å². The molecule has 33 heavy (non-hydrogen) atoms. The molecule has 2 aliphatic heterocycles. The molecule has 3 aromatic rings. The lowest BCUT2D eigenvalue weighted by molar-refractivity contribution is -0.132. The number of carbonyl (C=O) groups is 2. The number of aliphatic hydroxyl groups excluding tert-OH is 1. The van der Waals surface area contributed by atoms with Gasteiger partial charge in [-0.3, -0.25) is 14.5 Å². The van der Waals surface area contributed by atoms with E-state index in [0.717, 1.165) is 5.56 Å². The fraction of sp³-hybridized carbons (Fsp3) is 0.240. The third-order valence-electron chi connectivity index (χ3n) is 5.80. The molecule has 1 fully saturated rings. The molecule has 168 valence electrons. The maximum atomic E-state index is 13.2. The summed E-state index contributed by atoms with van der Waals surface area (Å²) in [6.07, 6.45) is 1.58. The monoisotopic (exact) mass is 462 g/mol. The highest BCUT2D eigenvalue weighted by molar-refractivity contribution is 7.14. The first kappa shape index (κ1) is 21.2. The first-order valence-electron chi connectivity index (χ1n) is 10.7. The summed E-state index contributed by atoms with van der Waals surface area (Å²) in [4.78, 5) is 31.9. The minimum Gasteiger partial charge on any atom is -0.507 e. The summed E-state index contributed by atoms with van der Waals surface area (Å²) in [6.45, 7) is 5.04. The van der Waals surface area contributed by atoms with Gasteiger partial charge in [-0.25, -0.2) is 4.98 Å². The first-order chi connectivity index (χ1) is 16.0. The molecule has 1 saturated heterocycles. The number of thiazole rings is 1. The van der Waals surface area contributed by atoms with Crippen molar-refractivity contribution in [3.8, 4) is 11.5 Å². The third kappa shape index (κ3) is 3.66. The van der Waals surface area contributed by atoms with Gasteiger partial charge in [0.2, 0.25) is 0 Å². The second-order valence-corrected chi connectivity index (χ2v) is 9.04. The van der Waals surface area contributed by atoms with Crippen LogP contribution in [0, 0.1) is 0 Å². The van der Waals surface area contributed by atoms with Gasteiger partial charge < -0.3 is 14.6 Å². The zero-order valence-electron chi connectivity index (χ0n) is 18.1. The zero-order valence-corrected chi connectivity index (χ0v) is 19.0. The van der Waals surface area contributed by atoms with Crippen LogP contribution >= 0.6 is 11.3 Å². The Morgan fingerprint density at radius 2 is 1.82 bits per heavy atom. The van der Waals surface area contributed by atoms with Crippen LogP contribution in [0.25, 0.3) is 5.76 Å². The minimum atomic E-state index is -0.800. The molecule has 2 aliphatic rings. The molecule has 1 atom stereocenters. The van der Waals surface area contributed by atoms with Gasteiger partial charge >= 0.3 is 5.91 Å². The van der Waals surface area contributed by atoms with E-state index in [4.69, 9.17) is 9.47 Å². The lowest BCUT2D eigenvalue weighted by atomic mass is 9.93. The fourth-order valence-corrected chi connectivity index (χ4v) is 4.76. The van der Waals surface area contributed by atoms with E-state index in [1.54, 1.807) is 29.8 Å². The van der Waals surface area contributed by atoms with Gasteiger partial charge in [0.1, 0.15) is 19.0 Å². The molecular formula is C25H22N2O5S. The number of fused-ring (bicyclic) bond motifs is 1. The molecule has 8 heteroatoms. The minimum absolute atomic E-state index is 0.0178. The molecule has 0 radical (unpaired) electrons. The van der Waals surface area contributed by atoms with Crippen molar-refractivity contribution in [1.82, 2.24) is 4.98 Å². The Kier molecular flexibility index (Phi) is 5.38. The summed E-state index contributed by atoms with van der Waals surface area (Å²) in [5.74, 6) is -0.346. The maximum absolute atomic E-state index is 13.2. The molecule has 5 rings (SSSR count). The summed E-state index contributed by atoms with van der Waals surface area (Å²) >= 11 is 1.26. The van der Waals surface area contributed by atoms with Crippen LogP contribution in [0.5, 0.6) is 11.5 Å². The Bertz CT molecular complexity index is 1250. The predicted octanol–water partition coefficient (Wildman–Crippen LogP) is 4.66. The molecule has 0 bridgehead atoms. The van der Waals surface area contributed by atoms with E-state index in [-0.39, 0.29) is 11.3 Å². The highest BCUT2D eigenvalue weighted by Crippen LogP contribution is 2.43. The van der Waals surface area contributed by atoms with Crippen molar-refractivity contribution in [2.45, 2.75) is 25.8 Å². The van der Waals surface area contributed by atoms with E-state index in [0.29, 0.717) is 46.9 Å². The van der Waals surface area contributed by atoms with Crippen LogP contribution in [0.4, 0.5) is 5.13 Å². The van der Waals surface area contributed by atoms with E-state index < -0.39 is 17.7 Å². The average Bonchev–Trinajstić information content (AvgIpc) is 3.45. The largest absolute Gasteiger partial charge is 0.507 e. The van der Waals surface area contributed by atoms with Crippen molar-refractivity contribution >= 4 is 33.9 Å². The van der Waals surface area contributed by atoms with Gasteiger partial charge in [-0.1, -0.05) is 38.1 Å². The van der Waals surface area contributed by atoms with Gasteiger partial charge in [0.15, 0.2) is 16.6 Å². The maximum Gasteiger partial charge on any atom is 0.301 e. The predicted molar refractivity (Wildman–Crippen MR) is 125 cm³/mol. The van der Waals surface area contributed by atoms with Crippen molar-refractivity contribution in [3.63, 3.8) is 0 Å². The quantitative estimate of drug-likeness (QED) is 0.345. The normalized spacial score (nSPS) is 19.4. The zero-order chi connectivity index (χ0) is 23.1. The van der Waals surface area contributed by atoms with Crippen LogP contribution in [-0.4, -0.2) is 35.0 Å². The number of aromatic nitrogens is 1. The van der Waals surface area contributed by atoms with Crippen molar-refractivity contribution in [3.05, 3.63) is 76.3 Å². The summed E-state index contributed by atoms with van der Waals surface area (Å²) < 4.78 is 11.2. The Morgan fingerprint density at radius 1 is 1.09 bits per heavy atom. The number of hydrogen-bond donors (Lipinski definition) is 1. The Balaban J connectivity index is 1.66. The average molecular weight is 463 g/mol. The highest BCUT2D eigenvalue weighted by Gasteiger charge is 2.48. The van der Waals surface area contributed by atoms with Crippen molar-refractivity contribution < 1.29 is 24.2 Å². The molecule has 3 heterocycles.